The van der Waals surface area contributed by atoms with Gasteiger partial charge in [0, 0.05) is 19.6 Å². The van der Waals surface area contributed by atoms with Crippen LogP contribution in [0.2, 0.25) is 0 Å². The van der Waals surface area contributed by atoms with Crippen LogP contribution in [0.1, 0.15) is 25.7 Å². The second-order valence-electron chi connectivity index (χ2n) is 5.22. The van der Waals surface area contributed by atoms with Gasteiger partial charge in [-0.25, -0.2) is 0 Å². The van der Waals surface area contributed by atoms with Gasteiger partial charge >= 0.3 is 6.18 Å². The first-order chi connectivity index (χ1) is 8.91. The molecule has 19 heavy (non-hydrogen) atoms. The zero-order valence-corrected chi connectivity index (χ0v) is 10.7. The molecule has 0 aromatic carbocycles. The van der Waals surface area contributed by atoms with Gasteiger partial charge < -0.3 is 15.4 Å². The van der Waals surface area contributed by atoms with Crippen molar-refractivity contribution in [3.8, 4) is 0 Å². The summed E-state index contributed by atoms with van der Waals surface area (Å²) >= 11 is 0. The van der Waals surface area contributed by atoms with Crippen LogP contribution in [-0.2, 0) is 9.53 Å². The number of amides is 1. The van der Waals surface area contributed by atoms with Crippen molar-refractivity contribution in [1.29, 1.82) is 0 Å². The number of likely N-dealkylation sites (tertiary alicyclic amines) is 1. The van der Waals surface area contributed by atoms with Gasteiger partial charge in [-0.3, -0.25) is 4.79 Å². The second kappa shape index (κ2) is 5.66. The zero-order chi connectivity index (χ0) is 14.0. The Balaban J connectivity index is 1.92. The Bertz CT molecular complexity index is 335. The molecule has 0 aromatic heterocycles. The van der Waals surface area contributed by atoms with E-state index in [1.165, 1.54) is 4.90 Å². The van der Waals surface area contributed by atoms with E-state index < -0.39 is 18.2 Å². The van der Waals surface area contributed by atoms with Gasteiger partial charge in [0.2, 0.25) is 0 Å². The van der Waals surface area contributed by atoms with Gasteiger partial charge in [-0.05, 0) is 25.7 Å². The summed E-state index contributed by atoms with van der Waals surface area (Å²) in [5, 5.41) is 0. The van der Waals surface area contributed by atoms with Crippen molar-refractivity contribution in [3.63, 3.8) is 0 Å². The van der Waals surface area contributed by atoms with Crippen LogP contribution in [-0.4, -0.2) is 48.8 Å². The number of hydrogen-bond acceptors (Lipinski definition) is 3. The average Bonchev–Trinajstić information content (AvgIpc) is 2.86. The molecule has 110 valence electrons. The summed E-state index contributed by atoms with van der Waals surface area (Å²) in [6, 6.07) is 0. The average molecular weight is 280 g/mol. The number of carbonyl (C=O) groups excluding carboxylic acids is 1. The normalized spacial score (nSPS) is 32.6. The predicted octanol–water partition coefficient (Wildman–Crippen LogP) is 1.29. The smallest absolute Gasteiger partial charge is 0.364 e. The highest BCUT2D eigenvalue weighted by atomic mass is 19.4. The van der Waals surface area contributed by atoms with Gasteiger partial charge in [-0.15, -0.1) is 0 Å². The van der Waals surface area contributed by atoms with E-state index >= 15 is 0 Å². The van der Waals surface area contributed by atoms with Crippen molar-refractivity contribution in [2.75, 3.05) is 19.6 Å². The molecule has 2 aliphatic rings. The molecular formula is C12H19F3N2O2. The molecule has 2 fully saturated rings. The number of halogens is 3. The van der Waals surface area contributed by atoms with Crippen LogP contribution in [0.25, 0.3) is 0 Å². The molecule has 2 rings (SSSR count). The highest BCUT2D eigenvalue weighted by molar-refractivity contribution is 5.81. The molecule has 0 aromatic rings. The molecule has 0 saturated carbocycles. The Morgan fingerprint density at radius 3 is 2.63 bits per heavy atom. The maximum atomic E-state index is 12.7. The minimum absolute atomic E-state index is 0.101. The number of piperidine rings is 1. The summed E-state index contributed by atoms with van der Waals surface area (Å²) in [5.74, 6) is -1.72. The predicted molar refractivity (Wildman–Crippen MR) is 62.3 cm³/mol. The lowest BCUT2D eigenvalue weighted by Crippen LogP contribution is -2.48. The Morgan fingerprint density at radius 2 is 2.05 bits per heavy atom. The number of hydrogen-bond donors (Lipinski definition) is 1. The highest BCUT2D eigenvalue weighted by Gasteiger charge is 2.44. The van der Waals surface area contributed by atoms with Crippen LogP contribution in [0.15, 0.2) is 0 Å². The van der Waals surface area contributed by atoms with Gasteiger partial charge in [-0.1, -0.05) is 0 Å². The molecule has 1 unspecified atom stereocenters. The lowest BCUT2D eigenvalue weighted by Gasteiger charge is -2.35. The van der Waals surface area contributed by atoms with Gasteiger partial charge in [0.05, 0.1) is 12.0 Å². The van der Waals surface area contributed by atoms with E-state index in [1.54, 1.807) is 0 Å². The number of ether oxygens (including phenoxy) is 1. The molecule has 2 heterocycles. The number of alkyl halides is 3. The first-order valence-corrected chi connectivity index (χ1v) is 6.63. The fraction of sp³-hybridized carbons (Fsp3) is 0.917. The van der Waals surface area contributed by atoms with E-state index in [9.17, 15) is 18.0 Å². The Hall–Kier alpha value is -0.820. The molecule has 2 saturated heterocycles. The van der Waals surface area contributed by atoms with E-state index in [2.05, 4.69) is 0 Å². The molecule has 4 nitrogen and oxygen atoms in total. The minimum atomic E-state index is -4.23. The first kappa shape index (κ1) is 14.6. The third kappa shape index (κ3) is 3.39. The largest absolute Gasteiger partial charge is 0.393 e. The second-order valence-corrected chi connectivity index (χ2v) is 5.22. The Labute approximate surface area is 110 Å². The van der Waals surface area contributed by atoms with Gasteiger partial charge in [0.15, 0.2) is 0 Å². The van der Waals surface area contributed by atoms with Crippen LogP contribution in [0.4, 0.5) is 13.2 Å². The number of carbonyl (C=O) groups is 1. The van der Waals surface area contributed by atoms with Crippen LogP contribution in [0.3, 0.4) is 0 Å². The molecule has 0 radical (unpaired) electrons. The lowest BCUT2D eigenvalue weighted by atomic mass is 9.97. The van der Waals surface area contributed by atoms with Crippen molar-refractivity contribution in [2.45, 2.75) is 44.1 Å². The van der Waals surface area contributed by atoms with Crippen molar-refractivity contribution in [3.05, 3.63) is 0 Å². The molecular weight excluding hydrogens is 261 g/mol. The molecule has 1 amide bonds. The van der Waals surface area contributed by atoms with Crippen LogP contribution >= 0.6 is 0 Å². The molecule has 3 atom stereocenters. The standard InChI is InChI=1S/C12H19F3N2O2/c13-12(14,15)8-2-1-5-17(7-8)11(18)10-4-3-9(6-16)19-10/h8-10H,1-7,16H2/t8?,9-,10+/m1/s1. The minimum Gasteiger partial charge on any atom is -0.364 e. The molecule has 7 heteroatoms. The molecule has 2 aliphatic heterocycles. The van der Waals surface area contributed by atoms with Crippen molar-refractivity contribution >= 4 is 5.91 Å². The quantitative estimate of drug-likeness (QED) is 0.829. The third-order valence-electron chi connectivity index (χ3n) is 3.84. The van der Waals surface area contributed by atoms with Gasteiger partial charge in [0.25, 0.3) is 5.91 Å². The van der Waals surface area contributed by atoms with Crippen LogP contribution in [0, 0.1) is 5.92 Å². The maximum Gasteiger partial charge on any atom is 0.393 e. The van der Waals surface area contributed by atoms with Gasteiger partial charge in [-0.2, -0.15) is 13.2 Å². The summed E-state index contributed by atoms with van der Waals surface area (Å²) in [6.07, 6.45) is -3.24. The fourth-order valence-corrected chi connectivity index (χ4v) is 2.71. The fourth-order valence-electron chi connectivity index (χ4n) is 2.71. The number of rotatable bonds is 2. The Morgan fingerprint density at radius 1 is 1.32 bits per heavy atom. The summed E-state index contributed by atoms with van der Waals surface area (Å²) in [7, 11) is 0. The number of nitrogens with zero attached hydrogens (tertiary/aromatic N) is 1. The topological polar surface area (TPSA) is 55.6 Å². The maximum absolute atomic E-state index is 12.7. The zero-order valence-electron chi connectivity index (χ0n) is 10.7. The Kier molecular flexibility index (Phi) is 4.35. The lowest BCUT2D eigenvalue weighted by molar-refractivity contribution is -0.189. The van der Waals surface area contributed by atoms with E-state index in [-0.39, 0.29) is 25.0 Å². The van der Waals surface area contributed by atoms with Gasteiger partial charge in [0.1, 0.15) is 6.10 Å². The summed E-state index contributed by atoms with van der Waals surface area (Å²) in [5.41, 5.74) is 5.46. The molecule has 2 N–H and O–H groups in total. The van der Waals surface area contributed by atoms with Crippen LogP contribution < -0.4 is 5.73 Å². The SMILES string of the molecule is NC[C@H]1CC[C@@H](C(=O)N2CCCC(C(F)(F)F)C2)O1. The molecule has 0 spiro atoms. The highest BCUT2D eigenvalue weighted by Crippen LogP contribution is 2.34. The van der Waals surface area contributed by atoms with Crippen molar-refractivity contribution in [2.24, 2.45) is 11.7 Å². The van der Waals surface area contributed by atoms with E-state index in [0.717, 1.165) is 0 Å². The summed E-state index contributed by atoms with van der Waals surface area (Å²) < 4.78 is 43.5. The third-order valence-corrected chi connectivity index (χ3v) is 3.84. The van der Waals surface area contributed by atoms with Crippen molar-refractivity contribution < 1.29 is 22.7 Å². The number of nitrogens with two attached hydrogens (primary N) is 1. The first-order valence-electron chi connectivity index (χ1n) is 6.63. The molecule has 0 aliphatic carbocycles. The van der Waals surface area contributed by atoms with E-state index in [4.69, 9.17) is 10.5 Å². The van der Waals surface area contributed by atoms with Crippen molar-refractivity contribution in [1.82, 2.24) is 4.90 Å². The summed E-state index contributed by atoms with van der Waals surface area (Å²) in [4.78, 5) is 13.4. The molecule has 0 bridgehead atoms. The van der Waals surface area contributed by atoms with E-state index in [1.807, 2.05) is 0 Å². The summed E-state index contributed by atoms with van der Waals surface area (Å²) in [6.45, 7) is 0.489. The van der Waals surface area contributed by atoms with E-state index in [0.29, 0.717) is 32.4 Å². The monoisotopic (exact) mass is 280 g/mol. The van der Waals surface area contributed by atoms with Crippen LogP contribution in [0.5, 0.6) is 0 Å².